The van der Waals surface area contributed by atoms with Gasteiger partial charge in [0, 0.05) is 42.6 Å². The first kappa shape index (κ1) is 21.2. The normalized spacial score (nSPS) is 17.7. The molecule has 2 atom stereocenters. The molecule has 2 aromatic carbocycles. The minimum atomic E-state index is -0.0156. The number of nitrogens with zero attached hydrogens (tertiary/aromatic N) is 3. The summed E-state index contributed by atoms with van der Waals surface area (Å²) in [6, 6.07) is 31.1. The summed E-state index contributed by atoms with van der Waals surface area (Å²) in [6.07, 6.45) is 4.94. The highest BCUT2D eigenvalue weighted by atomic mass is 32.1. The minimum absolute atomic E-state index is 0.0156. The van der Waals surface area contributed by atoms with Crippen LogP contribution in [0.4, 0.5) is 5.69 Å². The van der Waals surface area contributed by atoms with Crippen molar-refractivity contribution < 1.29 is 0 Å². The van der Waals surface area contributed by atoms with Gasteiger partial charge < -0.3 is 20.1 Å². The van der Waals surface area contributed by atoms with E-state index < -0.39 is 0 Å². The summed E-state index contributed by atoms with van der Waals surface area (Å²) < 4.78 is 2.26. The van der Waals surface area contributed by atoms with E-state index in [2.05, 4.69) is 85.9 Å². The van der Waals surface area contributed by atoms with E-state index in [0.717, 1.165) is 41.7 Å². The molecule has 0 saturated carbocycles. The molecule has 0 aliphatic carbocycles. The van der Waals surface area contributed by atoms with Crippen LogP contribution in [0.1, 0.15) is 29.9 Å². The first-order valence-corrected chi connectivity index (χ1v) is 11.7. The molecule has 0 radical (unpaired) electrons. The summed E-state index contributed by atoms with van der Waals surface area (Å²) >= 11 is 5.83. The molecule has 0 unspecified atom stereocenters. The van der Waals surface area contributed by atoms with Crippen LogP contribution in [0.5, 0.6) is 0 Å². The van der Waals surface area contributed by atoms with Gasteiger partial charge >= 0.3 is 0 Å². The Balaban J connectivity index is 1.41. The van der Waals surface area contributed by atoms with E-state index in [1.165, 1.54) is 5.69 Å². The molecule has 1 fully saturated rings. The number of aromatic nitrogens is 2. The number of hydrogen-bond donors (Lipinski definition) is 2. The minimum Gasteiger partial charge on any atom is -0.385 e. The molecule has 1 aliphatic heterocycles. The number of anilines is 1. The van der Waals surface area contributed by atoms with Crippen LogP contribution in [0, 0.1) is 0 Å². The third-order valence-electron chi connectivity index (χ3n) is 5.99. The lowest BCUT2D eigenvalue weighted by Crippen LogP contribution is -2.32. The van der Waals surface area contributed by atoms with Crippen molar-refractivity contribution in [1.29, 1.82) is 0 Å². The fraction of sp³-hybridized carbons (Fsp3) is 0.185. The molecule has 0 bridgehead atoms. The maximum Gasteiger partial charge on any atom is 0.170 e. The van der Waals surface area contributed by atoms with E-state index in [1.807, 2.05) is 42.6 Å². The van der Waals surface area contributed by atoms with Crippen LogP contribution in [0.2, 0.25) is 0 Å². The van der Waals surface area contributed by atoms with Gasteiger partial charge in [0.05, 0.1) is 17.8 Å². The molecule has 1 aliphatic rings. The predicted molar refractivity (Wildman–Crippen MR) is 137 cm³/mol. The van der Waals surface area contributed by atoms with Crippen LogP contribution < -0.4 is 10.6 Å². The molecule has 3 heterocycles. The van der Waals surface area contributed by atoms with Gasteiger partial charge in [-0.2, -0.15) is 0 Å². The summed E-state index contributed by atoms with van der Waals surface area (Å²) in [7, 11) is 0. The van der Waals surface area contributed by atoms with Crippen molar-refractivity contribution in [3.63, 3.8) is 0 Å². The molecule has 2 aromatic heterocycles. The number of pyridine rings is 1. The molecule has 2 N–H and O–H groups in total. The summed E-state index contributed by atoms with van der Waals surface area (Å²) in [5, 5.41) is 7.84. The lowest BCUT2D eigenvalue weighted by Gasteiger charge is -2.29. The number of rotatable bonds is 8. The molecule has 5 nitrogen and oxygen atoms in total. The van der Waals surface area contributed by atoms with Gasteiger partial charge in [0.15, 0.2) is 5.11 Å². The quantitative estimate of drug-likeness (QED) is 0.278. The maximum atomic E-state index is 5.83. The van der Waals surface area contributed by atoms with Gasteiger partial charge in [-0.1, -0.05) is 42.5 Å². The Bertz CT molecular complexity index is 1180. The van der Waals surface area contributed by atoms with E-state index in [9.17, 15) is 0 Å². The zero-order valence-corrected chi connectivity index (χ0v) is 19.2. The Morgan fingerprint density at radius 1 is 0.879 bits per heavy atom. The average Bonchev–Trinajstić information content (AvgIpc) is 3.48. The maximum absolute atomic E-state index is 5.83. The molecule has 6 heteroatoms. The molecule has 1 saturated heterocycles. The van der Waals surface area contributed by atoms with Crippen molar-refractivity contribution >= 4 is 23.0 Å². The molecule has 0 spiro atoms. The van der Waals surface area contributed by atoms with Gasteiger partial charge in [0.1, 0.15) is 0 Å². The highest BCUT2D eigenvalue weighted by Gasteiger charge is 2.40. The van der Waals surface area contributed by atoms with Gasteiger partial charge in [-0.15, -0.1) is 0 Å². The van der Waals surface area contributed by atoms with Crippen molar-refractivity contribution in [2.75, 3.05) is 18.4 Å². The molecule has 5 rings (SSSR count). The van der Waals surface area contributed by atoms with Gasteiger partial charge in [-0.05, 0) is 67.2 Å². The summed E-state index contributed by atoms with van der Waals surface area (Å²) in [5.74, 6) is 0. The first-order valence-electron chi connectivity index (χ1n) is 11.3. The van der Waals surface area contributed by atoms with E-state index in [4.69, 9.17) is 12.2 Å². The van der Waals surface area contributed by atoms with Gasteiger partial charge in [0.25, 0.3) is 0 Å². The first-order chi connectivity index (χ1) is 16.3. The van der Waals surface area contributed by atoms with Crippen LogP contribution in [0.15, 0.2) is 103 Å². The highest BCUT2D eigenvalue weighted by molar-refractivity contribution is 7.80. The predicted octanol–water partition coefficient (Wildman–Crippen LogP) is 5.35. The number of hydrogen-bond acceptors (Lipinski definition) is 3. The van der Waals surface area contributed by atoms with Crippen LogP contribution in [0.3, 0.4) is 0 Å². The molecule has 0 amide bonds. The lowest BCUT2D eigenvalue weighted by atomic mass is 10.0. The SMILES string of the molecule is S=C1N[C@H](c2ccccn2)[C@H](c2cccn2-c2ccccc2)N1CCCNc1ccccc1. The van der Waals surface area contributed by atoms with E-state index in [-0.39, 0.29) is 12.1 Å². The van der Waals surface area contributed by atoms with Crippen molar-refractivity contribution in [2.24, 2.45) is 0 Å². The monoisotopic (exact) mass is 453 g/mol. The number of thiocarbonyl (C=S) groups is 1. The Hall–Kier alpha value is -3.64. The number of para-hydroxylation sites is 2. The van der Waals surface area contributed by atoms with Gasteiger partial charge in [-0.25, -0.2) is 0 Å². The smallest absolute Gasteiger partial charge is 0.170 e. The third kappa shape index (κ3) is 4.61. The number of benzene rings is 2. The van der Waals surface area contributed by atoms with Crippen LogP contribution in [0.25, 0.3) is 5.69 Å². The zero-order valence-electron chi connectivity index (χ0n) is 18.3. The molecular weight excluding hydrogens is 426 g/mol. The highest BCUT2D eigenvalue weighted by Crippen LogP contribution is 2.39. The topological polar surface area (TPSA) is 45.1 Å². The van der Waals surface area contributed by atoms with Crippen molar-refractivity contribution in [3.05, 3.63) is 115 Å². The Kier molecular flexibility index (Phi) is 6.35. The molecule has 4 aromatic rings. The summed E-state index contributed by atoms with van der Waals surface area (Å²) in [6.45, 7) is 1.73. The number of nitrogens with one attached hydrogen (secondary N) is 2. The van der Waals surface area contributed by atoms with Gasteiger partial charge in [-0.3, -0.25) is 4.98 Å². The Labute approximate surface area is 200 Å². The summed E-state index contributed by atoms with van der Waals surface area (Å²) in [4.78, 5) is 6.97. The van der Waals surface area contributed by atoms with Crippen LogP contribution in [-0.2, 0) is 0 Å². The Morgan fingerprint density at radius 2 is 1.64 bits per heavy atom. The second-order valence-electron chi connectivity index (χ2n) is 8.10. The molecule has 166 valence electrons. The zero-order chi connectivity index (χ0) is 22.5. The van der Waals surface area contributed by atoms with Crippen molar-refractivity contribution in [2.45, 2.75) is 18.5 Å². The largest absolute Gasteiger partial charge is 0.385 e. The van der Waals surface area contributed by atoms with Crippen LogP contribution in [-0.4, -0.2) is 32.7 Å². The second-order valence-corrected chi connectivity index (χ2v) is 8.49. The van der Waals surface area contributed by atoms with Gasteiger partial charge in [0.2, 0.25) is 0 Å². The third-order valence-corrected chi connectivity index (χ3v) is 6.35. The van der Waals surface area contributed by atoms with Crippen LogP contribution >= 0.6 is 12.2 Å². The second kappa shape index (κ2) is 9.88. The average molecular weight is 454 g/mol. The Morgan fingerprint density at radius 3 is 2.39 bits per heavy atom. The molecular formula is C27H27N5S. The lowest BCUT2D eigenvalue weighted by molar-refractivity contribution is 0.307. The molecule has 33 heavy (non-hydrogen) atoms. The van der Waals surface area contributed by atoms with E-state index >= 15 is 0 Å². The van der Waals surface area contributed by atoms with E-state index in [1.54, 1.807) is 0 Å². The van der Waals surface area contributed by atoms with Crippen molar-refractivity contribution in [3.8, 4) is 5.69 Å². The standard InChI is InChI=1S/C27H27N5S/c33-27-30-25(23-15-7-8-17-29-23)26(24-16-9-19-31(24)22-13-5-2-6-14-22)32(27)20-10-18-28-21-11-3-1-4-12-21/h1-9,11-17,19,25-26,28H,10,18,20H2,(H,30,33)/t25-,26+/m1/s1. The van der Waals surface area contributed by atoms with E-state index in [0.29, 0.717) is 0 Å². The van der Waals surface area contributed by atoms with Crippen molar-refractivity contribution in [1.82, 2.24) is 19.8 Å². The fourth-order valence-electron chi connectivity index (χ4n) is 4.46. The summed E-state index contributed by atoms with van der Waals surface area (Å²) in [5.41, 5.74) is 4.47. The fourth-order valence-corrected chi connectivity index (χ4v) is 4.80.